The largest absolute Gasteiger partial charge is 0.449 e. The van der Waals surface area contributed by atoms with Crippen LogP contribution in [0.2, 0.25) is 0 Å². The third kappa shape index (κ3) is 9.30. The van der Waals surface area contributed by atoms with Crippen molar-refractivity contribution in [2.45, 2.75) is 19.8 Å². The van der Waals surface area contributed by atoms with Gasteiger partial charge in [-0.05, 0) is 0 Å². The summed E-state index contributed by atoms with van der Waals surface area (Å²) < 4.78 is 19.6. The molecule has 22 heavy (non-hydrogen) atoms. The highest BCUT2D eigenvalue weighted by Crippen LogP contribution is 2.05. The number of hydrogen-bond acceptors (Lipinski definition) is 7. The smallest absolute Gasteiger partial charge is 0.419 e. The molecule has 0 rings (SSSR count). The van der Waals surface area contributed by atoms with Crippen LogP contribution in [0, 0.1) is 5.92 Å². The maximum Gasteiger partial charge on any atom is 0.419 e. The van der Waals surface area contributed by atoms with Crippen LogP contribution in [0.25, 0.3) is 0 Å². The van der Waals surface area contributed by atoms with Crippen molar-refractivity contribution in [1.82, 2.24) is 4.90 Å². The minimum absolute atomic E-state index is 0.0876. The summed E-state index contributed by atoms with van der Waals surface area (Å²) in [5.74, 6) is -0.502. The summed E-state index contributed by atoms with van der Waals surface area (Å²) in [4.78, 5) is 35.3. The van der Waals surface area contributed by atoms with Gasteiger partial charge < -0.3 is 23.7 Å². The molecule has 0 spiro atoms. The number of rotatable bonds is 11. The van der Waals surface area contributed by atoms with Gasteiger partial charge in [-0.3, -0.25) is 0 Å². The van der Waals surface area contributed by atoms with Crippen LogP contribution in [0.4, 0.5) is 9.59 Å². The molecule has 1 unspecified atom stereocenters. The van der Waals surface area contributed by atoms with Crippen molar-refractivity contribution in [2.75, 3.05) is 47.2 Å². The molecule has 0 aliphatic carbocycles. The molecule has 0 radical (unpaired) electrons. The third-order valence-electron chi connectivity index (χ3n) is 2.58. The fraction of sp³-hybridized carbons (Fsp3) is 0.786. The van der Waals surface area contributed by atoms with Gasteiger partial charge in [0, 0.05) is 52.7 Å². The van der Waals surface area contributed by atoms with Gasteiger partial charge in [-0.25, -0.2) is 14.5 Å². The lowest BCUT2D eigenvalue weighted by molar-refractivity contribution is -0.110. The monoisotopic (exact) mass is 319 g/mol. The van der Waals surface area contributed by atoms with Crippen LogP contribution in [0.5, 0.6) is 0 Å². The molecule has 0 heterocycles. The number of carbonyl (C=O) groups excluding carboxylic acids is 3. The van der Waals surface area contributed by atoms with Crippen molar-refractivity contribution >= 4 is 18.5 Å². The molecular weight excluding hydrogens is 294 g/mol. The van der Waals surface area contributed by atoms with E-state index in [9.17, 15) is 14.4 Å². The highest BCUT2D eigenvalue weighted by Gasteiger charge is 2.26. The molecule has 0 aromatic rings. The lowest BCUT2D eigenvalue weighted by Gasteiger charge is -2.21. The molecule has 0 aromatic carbocycles. The SMILES string of the molecule is COCCCOC(=O)N(CC(C)C=O)C(=O)OCCCOC. The Kier molecular flexibility index (Phi) is 12.0. The number of hydrogen-bond donors (Lipinski definition) is 0. The van der Waals surface area contributed by atoms with E-state index in [0.29, 0.717) is 32.3 Å². The van der Waals surface area contributed by atoms with Crippen LogP contribution >= 0.6 is 0 Å². The molecule has 0 aliphatic heterocycles. The topological polar surface area (TPSA) is 91.4 Å². The van der Waals surface area contributed by atoms with Gasteiger partial charge in [0.1, 0.15) is 6.29 Å². The Hall–Kier alpha value is -1.67. The van der Waals surface area contributed by atoms with Gasteiger partial charge in [0.25, 0.3) is 0 Å². The Balaban J connectivity index is 4.42. The lowest BCUT2D eigenvalue weighted by atomic mass is 10.2. The van der Waals surface area contributed by atoms with E-state index in [1.807, 2.05) is 0 Å². The Bertz CT molecular complexity index is 311. The summed E-state index contributed by atoms with van der Waals surface area (Å²) in [6.45, 7) is 2.64. The van der Waals surface area contributed by atoms with Crippen LogP contribution in [0.15, 0.2) is 0 Å². The maximum absolute atomic E-state index is 11.9. The average molecular weight is 319 g/mol. The van der Waals surface area contributed by atoms with Gasteiger partial charge in [0.05, 0.1) is 13.2 Å². The first-order valence-electron chi connectivity index (χ1n) is 7.11. The van der Waals surface area contributed by atoms with E-state index < -0.39 is 18.1 Å². The van der Waals surface area contributed by atoms with Crippen LogP contribution in [-0.4, -0.2) is 70.6 Å². The fourth-order valence-corrected chi connectivity index (χ4v) is 1.44. The van der Waals surface area contributed by atoms with Gasteiger partial charge >= 0.3 is 12.2 Å². The molecule has 2 amide bonds. The number of ether oxygens (including phenoxy) is 4. The minimum Gasteiger partial charge on any atom is -0.449 e. The highest BCUT2D eigenvalue weighted by molar-refractivity contribution is 5.88. The first kappa shape index (κ1) is 20.3. The molecule has 1 atom stereocenters. The molecule has 0 bridgehead atoms. The van der Waals surface area contributed by atoms with Gasteiger partial charge in [-0.15, -0.1) is 0 Å². The molecule has 128 valence electrons. The summed E-state index contributed by atoms with van der Waals surface area (Å²) in [7, 11) is 3.08. The second kappa shape index (κ2) is 13.0. The fourth-order valence-electron chi connectivity index (χ4n) is 1.44. The number of imide groups is 1. The molecule has 0 saturated heterocycles. The summed E-state index contributed by atoms with van der Waals surface area (Å²) in [5.41, 5.74) is 0. The molecule has 8 nitrogen and oxygen atoms in total. The van der Waals surface area contributed by atoms with E-state index in [-0.39, 0.29) is 19.8 Å². The highest BCUT2D eigenvalue weighted by atomic mass is 16.6. The molecular formula is C14H25NO7. The summed E-state index contributed by atoms with van der Waals surface area (Å²) in [6.07, 6.45) is 0.0245. The van der Waals surface area contributed by atoms with E-state index in [2.05, 4.69) is 0 Å². The van der Waals surface area contributed by atoms with E-state index in [4.69, 9.17) is 18.9 Å². The van der Waals surface area contributed by atoms with E-state index in [0.717, 1.165) is 4.90 Å². The van der Waals surface area contributed by atoms with E-state index in [1.54, 1.807) is 6.92 Å². The summed E-state index contributed by atoms with van der Waals surface area (Å²) in [6, 6.07) is 0. The Morgan fingerprint density at radius 1 is 0.955 bits per heavy atom. The molecule has 8 heteroatoms. The average Bonchev–Trinajstić information content (AvgIpc) is 2.52. The molecule has 0 N–H and O–H groups in total. The predicted octanol–water partition coefficient (Wildman–Crippen LogP) is 1.47. The van der Waals surface area contributed by atoms with Crippen LogP contribution in [-0.2, 0) is 23.7 Å². The standard InChI is InChI=1S/C14H25NO7/c1-12(11-16)10-15(13(17)21-8-4-6-19-2)14(18)22-9-5-7-20-3/h11-12H,4-10H2,1-3H3. The molecule has 0 aliphatic rings. The van der Waals surface area contributed by atoms with Gasteiger partial charge in [-0.1, -0.05) is 6.92 Å². The first-order valence-corrected chi connectivity index (χ1v) is 7.11. The maximum atomic E-state index is 11.9. The summed E-state index contributed by atoms with van der Waals surface area (Å²) in [5, 5.41) is 0. The van der Waals surface area contributed by atoms with E-state index >= 15 is 0 Å². The lowest BCUT2D eigenvalue weighted by Crippen LogP contribution is -2.41. The van der Waals surface area contributed by atoms with Crippen molar-refractivity contribution in [2.24, 2.45) is 5.92 Å². The minimum atomic E-state index is -0.832. The Morgan fingerprint density at radius 3 is 1.77 bits per heavy atom. The predicted molar refractivity (Wildman–Crippen MR) is 77.6 cm³/mol. The second-order valence-corrected chi connectivity index (χ2v) is 4.65. The third-order valence-corrected chi connectivity index (χ3v) is 2.58. The Morgan fingerprint density at radius 2 is 1.41 bits per heavy atom. The number of aldehydes is 1. The number of carbonyl (C=O) groups is 3. The molecule has 0 aromatic heterocycles. The van der Waals surface area contributed by atoms with Crippen molar-refractivity contribution in [3.8, 4) is 0 Å². The van der Waals surface area contributed by atoms with Crippen LogP contribution in [0.3, 0.4) is 0 Å². The normalized spacial score (nSPS) is 11.6. The van der Waals surface area contributed by atoms with Crippen molar-refractivity contribution in [3.05, 3.63) is 0 Å². The molecule has 0 fully saturated rings. The second-order valence-electron chi connectivity index (χ2n) is 4.65. The van der Waals surface area contributed by atoms with Crippen LogP contribution in [0.1, 0.15) is 19.8 Å². The quantitative estimate of drug-likeness (QED) is 0.420. The molecule has 0 saturated carbocycles. The van der Waals surface area contributed by atoms with E-state index in [1.165, 1.54) is 14.2 Å². The van der Waals surface area contributed by atoms with Crippen molar-refractivity contribution in [1.29, 1.82) is 0 Å². The first-order chi connectivity index (χ1) is 10.6. The van der Waals surface area contributed by atoms with Crippen molar-refractivity contribution < 1.29 is 33.3 Å². The van der Waals surface area contributed by atoms with Gasteiger partial charge in [-0.2, -0.15) is 0 Å². The number of methoxy groups -OCH3 is 2. The van der Waals surface area contributed by atoms with Crippen LogP contribution < -0.4 is 0 Å². The Labute approximate surface area is 130 Å². The van der Waals surface area contributed by atoms with Crippen molar-refractivity contribution in [3.63, 3.8) is 0 Å². The number of nitrogens with zero attached hydrogens (tertiary/aromatic N) is 1. The van der Waals surface area contributed by atoms with Gasteiger partial charge in [0.2, 0.25) is 0 Å². The van der Waals surface area contributed by atoms with Gasteiger partial charge in [0.15, 0.2) is 0 Å². The summed E-state index contributed by atoms with van der Waals surface area (Å²) >= 11 is 0. The number of amides is 2. The zero-order valence-corrected chi connectivity index (χ0v) is 13.4. The zero-order valence-electron chi connectivity index (χ0n) is 13.4. The zero-order chi connectivity index (χ0) is 16.8.